The number of ether oxygens (including phenoxy) is 1. The van der Waals surface area contributed by atoms with E-state index in [2.05, 4.69) is 10.4 Å². The third kappa shape index (κ3) is 6.33. The minimum Gasteiger partial charge on any atom is -0.370 e. The van der Waals surface area contributed by atoms with Crippen LogP contribution in [-0.4, -0.2) is 34.6 Å². The maximum Gasteiger partial charge on any atom is 0.330 e. The van der Waals surface area contributed by atoms with E-state index in [0.29, 0.717) is 28.5 Å². The van der Waals surface area contributed by atoms with E-state index in [1.54, 1.807) is 35.9 Å². The van der Waals surface area contributed by atoms with Crippen molar-refractivity contribution in [3.63, 3.8) is 0 Å². The smallest absolute Gasteiger partial charge is 0.330 e. The van der Waals surface area contributed by atoms with Gasteiger partial charge in [-0.15, -0.1) is 0 Å². The van der Waals surface area contributed by atoms with E-state index in [1.165, 1.54) is 6.07 Å². The Bertz CT molecular complexity index is 1130. The van der Waals surface area contributed by atoms with Crippen LogP contribution in [0.2, 0.25) is 5.02 Å². The Labute approximate surface area is 193 Å². The molecular weight excluding hydrogens is 462 g/mol. The zero-order valence-electron chi connectivity index (χ0n) is 17.9. The van der Waals surface area contributed by atoms with Gasteiger partial charge in [0, 0.05) is 10.6 Å². The second kappa shape index (κ2) is 10.4. The van der Waals surface area contributed by atoms with Gasteiger partial charge in [0.1, 0.15) is 6.61 Å². The van der Waals surface area contributed by atoms with E-state index in [4.69, 9.17) is 16.3 Å². The highest BCUT2D eigenvalue weighted by molar-refractivity contribution is 6.30. The molecule has 0 atom stereocenters. The van der Waals surface area contributed by atoms with Crippen LogP contribution in [-0.2, 0) is 17.9 Å². The lowest BCUT2D eigenvalue weighted by atomic mass is 10.1. The lowest BCUT2D eigenvalue weighted by molar-refractivity contribution is -0.168. The Morgan fingerprint density at radius 2 is 1.85 bits per heavy atom. The van der Waals surface area contributed by atoms with Gasteiger partial charge in [0.05, 0.1) is 30.2 Å². The fourth-order valence-electron chi connectivity index (χ4n) is 3.20. The first-order valence-electron chi connectivity index (χ1n) is 9.99. The van der Waals surface area contributed by atoms with Crippen LogP contribution < -0.4 is 5.32 Å². The van der Waals surface area contributed by atoms with E-state index in [0.717, 1.165) is 11.3 Å². The van der Waals surface area contributed by atoms with Crippen LogP contribution in [0.5, 0.6) is 0 Å². The van der Waals surface area contributed by atoms with Gasteiger partial charge in [-0.2, -0.15) is 13.9 Å². The van der Waals surface area contributed by atoms with Crippen molar-refractivity contribution in [2.45, 2.75) is 39.3 Å². The summed E-state index contributed by atoms with van der Waals surface area (Å²) in [5.74, 6) is -4.65. The van der Waals surface area contributed by atoms with Crippen LogP contribution in [0.3, 0.4) is 0 Å². The van der Waals surface area contributed by atoms with Crippen molar-refractivity contribution in [3.8, 4) is 0 Å². The number of benzene rings is 2. The van der Waals surface area contributed by atoms with Crippen LogP contribution >= 0.6 is 11.6 Å². The van der Waals surface area contributed by atoms with Crippen molar-refractivity contribution in [2.75, 3.05) is 11.9 Å². The summed E-state index contributed by atoms with van der Waals surface area (Å²) in [5.41, 5.74) is 3.54. The molecule has 1 heterocycles. The first-order chi connectivity index (χ1) is 15.6. The topological polar surface area (TPSA) is 56.2 Å². The van der Waals surface area contributed by atoms with E-state index in [-0.39, 0.29) is 12.2 Å². The molecule has 0 spiro atoms. The number of rotatable bonds is 9. The van der Waals surface area contributed by atoms with Crippen LogP contribution in [0.25, 0.3) is 0 Å². The fraction of sp³-hybridized carbons (Fsp3) is 0.304. The Hall–Kier alpha value is -2.91. The molecule has 0 aliphatic heterocycles. The summed E-state index contributed by atoms with van der Waals surface area (Å²) < 4.78 is 56.9. The van der Waals surface area contributed by atoms with Gasteiger partial charge in [-0.25, -0.2) is 8.78 Å². The number of hydrogen-bond donors (Lipinski definition) is 1. The molecule has 0 saturated carbocycles. The fourth-order valence-corrected chi connectivity index (χ4v) is 3.41. The van der Waals surface area contributed by atoms with Gasteiger partial charge >= 0.3 is 12.3 Å². The van der Waals surface area contributed by atoms with Gasteiger partial charge in [0.2, 0.25) is 0 Å². The zero-order valence-corrected chi connectivity index (χ0v) is 18.7. The molecule has 1 N–H and O–H groups in total. The van der Waals surface area contributed by atoms with Gasteiger partial charge in [-0.05, 0) is 49.2 Å². The van der Waals surface area contributed by atoms with Crippen LogP contribution in [0.4, 0.5) is 23.2 Å². The van der Waals surface area contributed by atoms with Crippen molar-refractivity contribution in [1.82, 2.24) is 9.78 Å². The molecule has 0 aliphatic rings. The monoisotopic (exact) mass is 483 g/mol. The van der Waals surface area contributed by atoms with E-state index >= 15 is 0 Å². The number of nitrogens with one attached hydrogen (secondary N) is 1. The molecule has 0 saturated heterocycles. The number of anilines is 1. The molecule has 33 heavy (non-hydrogen) atoms. The van der Waals surface area contributed by atoms with Crippen molar-refractivity contribution in [3.05, 3.63) is 81.6 Å². The number of aryl methyl sites for hydroxylation is 1. The van der Waals surface area contributed by atoms with Crippen molar-refractivity contribution in [1.29, 1.82) is 0 Å². The van der Waals surface area contributed by atoms with Gasteiger partial charge in [0.25, 0.3) is 5.91 Å². The third-order valence-electron chi connectivity index (χ3n) is 4.91. The molecule has 0 bridgehead atoms. The van der Waals surface area contributed by atoms with Gasteiger partial charge < -0.3 is 10.1 Å². The Kier molecular flexibility index (Phi) is 7.76. The Balaban J connectivity index is 1.68. The second-order valence-electron chi connectivity index (χ2n) is 7.54. The number of hydrogen-bond acceptors (Lipinski definition) is 3. The lowest BCUT2D eigenvalue weighted by Crippen LogP contribution is -2.32. The third-order valence-corrected chi connectivity index (χ3v) is 5.15. The number of aromatic nitrogens is 2. The maximum atomic E-state index is 13.0. The molecule has 3 rings (SSSR count). The average Bonchev–Trinajstić information content (AvgIpc) is 3.01. The molecule has 3 aromatic rings. The summed E-state index contributed by atoms with van der Waals surface area (Å²) in [5, 5.41) is 7.93. The zero-order chi connectivity index (χ0) is 24.2. The predicted molar refractivity (Wildman–Crippen MR) is 117 cm³/mol. The molecule has 0 fully saturated rings. The highest BCUT2D eigenvalue weighted by Gasteiger charge is 2.40. The van der Waals surface area contributed by atoms with E-state index in [9.17, 15) is 22.4 Å². The molecule has 0 radical (unpaired) electrons. The summed E-state index contributed by atoms with van der Waals surface area (Å²) in [6, 6.07) is 13.5. The number of carbonyl (C=O) groups excluding carboxylic acids is 1. The minimum atomic E-state index is -4.23. The average molecular weight is 484 g/mol. The van der Waals surface area contributed by atoms with Crippen LogP contribution in [0, 0.1) is 13.8 Å². The van der Waals surface area contributed by atoms with E-state index < -0.39 is 24.9 Å². The SMILES string of the molecule is Cc1nn(Cc2cccc(Cl)c2)c(C)c1NC(=O)c1cccc(COCC(F)(F)C(F)F)c1. The van der Waals surface area contributed by atoms with Gasteiger partial charge in [0.15, 0.2) is 0 Å². The molecular formula is C23H22ClF4N3O2. The molecule has 176 valence electrons. The molecule has 10 heteroatoms. The number of halogens is 5. The first kappa shape index (κ1) is 24.7. The summed E-state index contributed by atoms with van der Waals surface area (Å²) >= 11 is 6.04. The largest absolute Gasteiger partial charge is 0.370 e. The quantitative estimate of drug-likeness (QED) is 0.387. The minimum absolute atomic E-state index is 0.262. The number of nitrogens with zero attached hydrogens (tertiary/aromatic N) is 2. The van der Waals surface area contributed by atoms with E-state index in [1.807, 2.05) is 25.1 Å². The molecule has 0 aliphatic carbocycles. The predicted octanol–water partition coefficient (Wildman–Crippen LogP) is 5.87. The number of amides is 1. The summed E-state index contributed by atoms with van der Waals surface area (Å²) in [6.07, 6.45) is -3.80. The summed E-state index contributed by atoms with van der Waals surface area (Å²) in [6.45, 7) is 2.32. The highest BCUT2D eigenvalue weighted by atomic mass is 35.5. The van der Waals surface area contributed by atoms with Crippen molar-refractivity contribution < 1.29 is 27.1 Å². The highest BCUT2D eigenvalue weighted by Crippen LogP contribution is 2.24. The number of carbonyl (C=O) groups is 1. The van der Waals surface area contributed by atoms with Gasteiger partial charge in [-0.1, -0.05) is 35.9 Å². The first-order valence-corrected chi connectivity index (χ1v) is 10.4. The summed E-state index contributed by atoms with van der Waals surface area (Å²) in [4.78, 5) is 12.8. The van der Waals surface area contributed by atoms with Gasteiger partial charge in [-0.3, -0.25) is 9.48 Å². The van der Waals surface area contributed by atoms with Crippen molar-refractivity contribution in [2.24, 2.45) is 0 Å². The maximum absolute atomic E-state index is 13.0. The molecule has 1 amide bonds. The standard InChI is InChI=1S/C23H22ClF4N3O2/c1-14-20(15(2)31(30-14)11-16-5-4-8-19(24)10-16)29-21(32)18-7-3-6-17(9-18)12-33-13-23(27,28)22(25)26/h3-10,22H,11-13H2,1-2H3,(H,29,32). The van der Waals surface area contributed by atoms with Crippen LogP contribution in [0.15, 0.2) is 48.5 Å². The number of alkyl halides is 4. The molecule has 5 nitrogen and oxygen atoms in total. The molecule has 1 aromatic heterocycles. The van der Waals surface area contributed by atoms with Crippen molar-refractivity contribution >= 4 is 23.2 Å². The second-order valence-corrected chi connectivity index (χ2v) is 7.98. The molecule has 2 aromatic carbocycles. The Morgan fingerprint density at radius 1 is 1.15 bits per heavy atom. The normalized spacial score (nSPS) is 11.8. The van der Waals surface area contributed by atoms with Crippen LogP contribution in [0.1, 0.15) is 32.9 Å². The molecule has 0 unspecified atom stereocenters. The lowest BCUT2D eigenvalue weighted by Gasteiger charge is -2.15. The summed E-state index contributed by atoms with van der Waals surface area (Å²) in [7, 11) is 0. The Morgan fingerprint density at radius 3 is 2.55 bits per heavy atom.